The molecule has 16 heavy (non-hydrogen) atoms. The van der Waals surface area contributed by atoms with Gasteiger partial charge in [0.25, 0.3) is 0 Å². The Labute approximate surface area is 101 Å². The Morgan fingerprint density at radius 3 is 2.62 bits per heavy atom. The van der Waals surface area contributed by atoms with Crippen molar-refractivity contribution in [1.82, 2.24) is 5.32 Å². The summed E-state index contributed by atoms with van der Waals surface area (Å²) < 4.78 is 0. The molecule has 1 aromatic carbocycles. The quantitative estimate of drug-likeness (QED) is 0.611. The zero-order chi connectivity index (χ0) is 12.0. The second-order valence-corrected chi connectivity index (χ2v) is 4.78. The van der Waals surface area contributed by atoms with Crippen molar-refractivity contribution in [2.45, 2.75) is 31.2 Å². The molecule has 1 atom stereocenters. The van der Waals surface area contributed by atoms with E-state index in [4.69, 9.17) is 5.73 Å². The van der Waals surface area contributed by atoms with Crippen LogP contribution in [0.5, 0.6) is 0 Å². The van der Waals surface area contributed by atoms with Crippen molar-refractivity contribution >= 4 is 23.4 Å². The lowest BCUT2D eigenvalue weighted by Crippen LogP contribution is -2.33. The average molecular weight is 238 g/mol. The van der Waals surface area contributed by atoms with Crippen LogP contribution in [-0.2, 0) is 4.79 Å². The summed E-state index contributed by atoms with van der Waals surface area (Å²) in [4.78, 5) is 12.6. The molecule has 0 saturated carbocycles. The van der Waals surface area contributed by atoms with Crippen LogP contribution >= 0.6 is 11.8 Å². The molecule has 88 valence electrons. The maximum Gasteiger partial charge on any atom is 0.230 e. The number of nitrogen functional groups attached to an aromatic ring is 1. The van der Waals surface area contributed by atoms with E-state index in [1.807, 2.05) is 31.2 Å². The van der Waals surface area contributed by atoms with Gasteiger partial charge in [0.15, 0.2) is 0 Å². The molecule has 0 spiro atoms. The summed E-state index contributed by atoms with van der Waals surface area (Å²) in [6.45, 7) is 4.06. The summed E-state index contributed by atoms with van der Waals surface area (Å²) in [5.41, 5.74) is 6.32. The first-order chi connectivity index (χ1) is 7.61. The molecule has 0 aliphatic heterocycles. The molecule has 4 heteroatoms. The van der Waals surface area contributed by atoms with E-state index in [2.05, 4.69) is 12.2 Å². The van der Waals surface area contributed by atoms with Crippen LogP contribution in [0.15, 0.2) is 29.2 Å². The molecule has 0 aromatic heterocycles. The van der Waals surface area contributed by atoms with Gasteiger partial charge in [0.05, 0.1) is 5.75 Å². The van der Waals surface area contributed by atoms with Crippen LogP contribution in [0.2, 0.25) is 0 Å². The van der Waals surface area contributed by atoms with Crippen molar-refractivity contribution in [2.24, 2.45) is 0 Å². The van der Waals surface area contributed by atoms with Gasteiger partial charge < -0.3 is 11.1 Å². The Bertz CT molecular complexity index is 337. The molecule has 0 radical (unpaired) electrons. The van der Waals surface area contributed by atoms with Gasteiger partial charge in [-0.15, -0.1) is 11.8 Å². The first-order valence-electron chi connectivity index (χ1n) is 5.39. The standard InChI is InChI=1S/C12H18N2OS/c1-3-9(2)14-12(15)8-16-11-6-4-10(13)5-7-11/h4-7,9H,3,8,13H2,1-2H3,(H,14,15). The fraction of sp³-hybridized carbons (Fsp3) is 0.417. The third-order valence-corrected chi connectivity index (χ3v) is 3.28. The van der Waals surface area contributed by atoms with Gasteiger partial charge in [0, 0.05) is 16.6 Å². The Hall–Kier alpha value is -1.16. The summed E-state index contributed by atoms with van der Waals surface area (Å²) >= 11 is 1.52. The third-order valence-electron chi connectivity index (χ3n) is 2.27. The van der Waals surface area contributed by atoms with Crippen LogP contribution in [0.1, 0.15) is 20.3 Å². The molecule has 1 unspecified atom stereocenters. The van der Waals surface area contributed by atoms with Crippen LogP contribution in [-0.4, -0.2) is 17.7 Å². The summed E-state index contributed by atoms with van der Waals surface area (Å²) in [6, 6.07) is 7.79. The van der Waals surface area contributed by atoms with Gasteiger partial charge >= 0.3 is 0 Å². The summed E-state index contributed by atoms with van der Waals surface area (Å²) in [5.74, 6) is 0.532. The van der Waals surface area contributed by atoms with E-state index in [9.17, 15) is 4.79 Å². The van der Waals surface area contributed by atoms with Crippen molar-refractivity contribution in [3.8, 4) is 0 Å². The monoisotopic (exact) mass is 238 g/mol. The van der Waals surface area contributed by atoms with Crippen molar-refractivity contribution in [3.63, 3.8) is 0 Å². The van der Waals surface area contributed by atoms with E-state index in [-0.39, 0.29) is 11.9 Å². The minimum absolute atomic E-state index is 0.0798. The zero-order valence-electron chi connectivity index (χ0n) is 9.69. The lowest BCUT2D eigenvalue weighted by Gasteiger charge is -2.10. The van der Waals surface area contributed by atoms with E-state index >= 15 is 0 Å². The number of hydrogen-bond acceptors (Lipinski definition) is 3. The lowest BCUT2D eigenvalue weighted by atomic mass is 10.3. The largest absolute Gasteiger partial charge is 0.399 e. The molecule has 3 N–H and O–H groups in total. The van der Waals surface area contributed by atoms with Gasteiger partial charge in [-0.3, -0.25) is 4.79 Å². The number of carbonyl (C=O) groups excluding carboxylic acids is 1. The summed E-state index contributed by atoms with van der Waals surface area (Å²) in [7, 11) is 0. The Morgan fingerprint density at radius 1 is 1.44 bits per heavy atom. The van der Waals surface area contributed by atoms with E-state index in [1.165, 1.54) is 11.8 Å². The second kappa shape index (κ2) is 6.43. The number of hydrogen-bond donors (Lipinski definition) is 2. The summed E-state index contributed by atoms with van der Waals surface area (Å²) in [5, 5.41) is 2.93. The highest BCUT2D eigenvalue weighted by atomic mass is 32.2. The predicted octanol–water partition coefficient (Wildman–Crippen LogP) is 2.28. The number of carbonyl (C=O) groups is 1. The van der Waals surface area contributed by atoms with Gasteiger partial charge in [-0.1, -0.05) is 6.92 Å². The van der Waals surface area contributed by atoms with Crippen molar-refractivity contribution in [1.29, 1.82) is 0 Å². The fourth-order valence-corrected chi connectivity index (χ4v) is 1.84. The normalized spacial score (nSPS) is 12.1. The van der Waals surface area contributed by atoms with Gasteiger partial charge in [0.1, 0.15) is 0 Å². The Kier molecular flexibility index (Phi) is 5.19. The average Bonchev–Trinajstić information content (AvgIpc) is 2.28. The highest BCUT2D eigenvalue weighted by Gasteiger charge is 2.05. The van der Waals surface area contributed by atoms with Crippen LogP contribution in [0.3, 0.4) is 0 Å². The van der Waals surface area contributed by atoms with E-state index in [0.29, 0.717) is 5.75 Å². The van der Waals surface area contributed by atoms with E-state index in [0.717, 1.165) is 17.0 Å². The molecule has 0 heterocycles. The van der Waals surface area contributed by atoms with E-state index in [1.54, 1.807) is 0 Å². The minimum Gasteiger partial charge on any atom is -0.399 e. The molecule has 1 amide bonds. The number of benzene rings is 1. The molecule has 3 nitrogen and oxygen atoms in total. The molecular formula is C12H18N2OS. The molecule has 0 fully saturated rings. The number of anilines is 1. The number of amides is 1. The summed E-state index contributed by atoms with van der Waals surface area (Å²) in [6.07, 6.45) is 0.957. The maximum atomic E-state index is 11.5. The molecule has 0 saturated heterocycles. The van der Waals surface area contributed by atoms with Crippen LogP contribution in [0.25, 0.3) is 0 Å². The molecule has 1 rings (SSSR count). The fourth-order valence-electron chi connectivity index (χ4n) is 1.13. The highest BCUT2D eigenvalue weighted by Crippen LogP contribution is 2.18. The molecular weight excluding hydrogens is 220 g/mol. The van der Waals surface area contributed by atoms with Crippen LogP contribution in [0.4, 0.5) is 5.69 Å². The number of thioether (sulfide) groups is 1. The molecule has 1 aromatic rings. The smallest absolute Gasteiger partial charge is 0.230 e. The van der Waals surface area contributed by atoms with Crippen molar-refractivity contribution in [2.75, 3.05) is 11.5 Å². The van der Waals surface area contributed by atoms with Gasteiger partial charge in [-0.05, 0) is 37.6 Å². The van der Waals surface area contributed by atoms with Crippen molar-refractivity contribution < 1.29 is 4.79 Å². The van der Waals surface area contributed by atoms with Crippen molar-refractivity contribution in [3.05, 3.63) is 24.3 Å². The SMILES string of the molecule is CCC(C)NC(=O)CSc1ccc(N)cc1. The van der Waals surface area contributed by atoms with Gasteiger partial charge in [-0.2, -0.15) is 0 Å². The van der Waals surface area contributed by atoms with Crippen LogP contribution < -0.4 is 11.1 Å². The Balaban J connectivity index is 2.34. The van der Waals surface area contributed by atoms with E-state index < -0.39 is 0 Å². The minimum atomic E-state index is 0.0798. The second-order valence-electron chi connectivity index (χ2n) is 3.73. The molecule has 0 aliphatic rings. The lowest BCUT2D eigenvalue weighted by molar-refractivity contribution is -0.119. The predicted molar refractivity (Wildman–Crippen MR) is 69.5 cm³/mol. The third kappa shape index (κ3) is 4.57. The maximum absolute atomic E-state index is 11.5. The Morgan fingerprint density at radius 2 is 2.06 bits per heavy atom. The number of nitrogens with two attached hydrogens (primary N) is 1. The number of nitrogens with one attached hydrogen (secondary N) is 1. The molecule has 0 aliphatic carbocycles. The first-order valence-corrected chi connectivity index (χ1v) is 6.38. The first kappa shape index (κ1) is 12.9. The van der Waals surface area contributed by atoms with Gasteiger partial charge in [-0.25, -0.2) is 0 Å². The molecule has 0 bridgehead atoms. The van der Waals surface area contributed by atoms with Crippen LogP contribution in [0, 0.1) is 0 Å². The topological polar surface area (TPSA) is 55.1 Å². The number of rotatable bonds is 5. The van der Waals surface area contributed by atoms with Gasteiger partial charge in [0.2, 0.25) is 5.91 Å². The highest BCUT2D eigenvalue weighted by molar-refractivity contribution is 8.00. The zero-order valence-corrected chi connectivity index (χ0v) is 10.5.